The maximum atomic E-state index is 12.5. The summed E-state index contributed by atoms with van der Waals surface area (Å²) in [4.78, 5) is 3.20. The zero-order valence-electron chi connectivity index (χ0n) is 12.4. The Kier molecular flexibility index (Phi) is 4.30. The molecule has 120 valence electrons. The molecule has 2 aromatic carbocycles. The van der Waals surface area contributed by atoms with Crippen LogP contribution in [0, 0.1) is 0 Å². The van der Waals surface area contributed by atoms with Gasteiger partial charge in [0.25, 0.3) is 10.0 Å². The largest absolute Gasteiger partial charge is 0.358 e. The fourth-order valence-electron chi connectivity index (χ4n) is 2.40. The lowest BCUT2D eigenvalue weighted by Gasteiger charge is -2.10. The average molecular weight is 350 g/mol. The van der Waals surface area contributed by atoms with E-state index in [9.17, 15) is 8.42 Å². The third-order valence-electron chi connectivity index (χ3n) is 3.52. The minimum absolute atomic E-state index is 0.215. The molecule has 0 radical (unpaired) electrons. The predicted octanol–water partition coefficient (Wildman–Crippen LogP) is 3.34. The van der Waals surface area contributed by atoms with Gasteiger partial charge in [-0.3, -0.25) is 4.72 Å². The summed E-state index contributed by atoms with van der Waals surface area (Å²) >= 11 is 6.07. The second kappa shape index (κ2) is 6.23. The Morgan fingerprint density at radius 2 is 1.87 bits per heavy atom. The molecule has 1 heterocycles. The van der Waals surface area contributed by atoms with Crippen LogP contribution in [0.3, 0.4) is 0 Å². The number of rotatable bonds is 5. The average Bonchev–Trinajstić information content (AvgIpc) is 2.91. The molecule has 0 aliphatic heterocycles. The zero-order chi connectivity index (χ0) is 16.4. The number of sulfonamides is 1. The molecular weight excluding hydrogens is 334 g/mol. The Morgan fingerprint density at radius 3 is 2.57 bits per heavy atom. The van der Waals surface area contributed by atoms with Crippen molar-refractivity contribution < 1.29 is 8.42 Å². The van der Waals surface area contributed by atoms with Crippen LogP contribution < -0.4 is 10.0 Å². The molecule has 0 saturated carbocycles. The first-order valence-electron chi connectivity index (χ1n) is 7.03. The van der Waals surface area contributed by atoms with Crippen molar-refractivity contribution in [3.63, 3.8) is 0 Å². The number of halogens is 1. The molecule has 0 fully saturated rings. The van der Waals surface area contributed by atoms with Crippen LogP contribution in [0.1, 0.15) is 5.56 Å². The lowest BCUT2D eigenvalue weighted by atomic mass is 10.2. The van der Waals surface area contributed by atoms with Crippen molar-refractivity contribution in [3.8, 4) is 0 Å². The molecule has 0 aliphatic carbocycles. The quantitative estimate of drug-likeness (QED) is 0.661. The fraction of sp³-hybridized carbons (Fsp3) is 0.125. The number of benzene rings is 2. The first kappa shape index (κ1) is 15.9. The molecule has 5 nitrogen and oxygen atoms in total. The summed E-state index contributed by atoms with van der Waals surface area (Å²) < 4.78 is 27.7. The molecule has 0 amide bonds. The Morgan fingerprint density at radius 1 is 1.13 bits per heavy atom. The number of anilines is 1. The summed E-state index contributed by atoms with van der Waals surface area (Å²) in [5.41, 5.74) is 2.14. The van der Waals surface area contributed by atoms with Crippen LogP contribution in [-0.4, -0.2) is 20.4 Å². The third kappa shape index (κ3) is 3.19. The molecule has 0 atom stereocenters. The van der Waals surface area contributed by atoms with Crippen LogP contribution >= 0.6 is 11.6 Å². The normalized spacial score (nSPS) is 11.7. The summed E-state index contributed by atoms with van der Waals surface area (Å²) in [5, 5.41) is 4.35. The highest BCUT2D eigenvalue weighted by Gasteiger charge is 2.16. The van der Waals surface area contributed by atoms with E-state index in [4.69, 9.17) is 11.6 Å². The van der Waals surface area contributed by atoms with Gasteiger partial charge >= 0.3 is 0 Å². The van der Waals surface area contributed by atoms with E-state index in [1.54, 1.807) is 42.6 Å². The predicted molar refractivity (Wildman–Crippen MR) is 93.3 cm³/mol. The highest BCUT2D eigenvalue weighted by atomic mass is 35.5. The van der Waals surface area contributed by atoms with E-state index in [1.807, 2.05) is 13.1 Å². The van der Waals surface area contributed by atoms with Crippen molar-refractivity contribution in [1.29, 1.82) is 0 Å². The molecule has 1 aromatic heterocycles. The second-order valence-electron chi connectivity index (χ2n) is 5.14. The van der Waals surface area contributed by atoms with Gasteiger partial charge in [0.15, 0.2) is 0 Å². The van der Waals surface area contributed by atoms with Gasteiger partial charge in [0.1, 0.15) is 0 Å². The minimum atomic E-state index is -3.66. The van der Waals surface area contributed by atoms with E-state index in [1.165, 1.54) is 0 Å². The first-order chi connectivity index (χ1) is 11.0. The number of hydrogen-bond donors (Lipinski definition) is 3. The van der Waals surface area contributed by atoms with Gasteiger partial charge in [-0.2, -0.15) is 0 Å². The van der Waals surface area contributed by atoms with Gasteiger partial charge in [0, 0.05) is 18.1 Å². The van der Waals surface area contributed by atoms with Crippen LogP contribution in [-0.2, 0) is 16.6 Å². The molecular formula is C16H16ClN3O2S. The third-order valence-corrected chi connectivity index (χ3v) is 5.22. The van der Waals surface area contributed by atoms with Gasteiger partial charge < -0.3 is 10.3 Å². The van der Waals surface area contributed by atoms with Crippen LogP contribution in [0.25, 0.3) is 10.9 Å². The SMILES string of the molecule is CNCc1ccc(S(=O)(=O)Nc2cccc3c(Cl)c[nH]c23)cc1. The van der Waals surface area contributed by atoms with E-state index >= 15 is 0 Å². The van der Waals surface area contributed by atoms with Crippen molar-refractivity contribution >= 4 is 38.2 Å². The first-order valence-corrected chi connectivity index (χ1v) is 8.89. The highest BCUT2D eigenvalue weighted by Crippen LogP contribution is 2.29. The Labute approximate surface area is 139 Å². The van der Waals surface area contributed by atoms with E-state index < -0.39 is 10.0 Å². The molecule has 7 heteroatoms. The van der Waals surface area contributed by atoms with Crippen LogP contribution in [0.15, 0.2) is 53.6 Å². The van der Waals surface area contributed by atoms with Gasteiger partial charge in [0.05, 0.1) is 21.1 Å². The number of aromatic nitrogens is 1. The molecule has 23 heavy (non-hydrogen) atoms. The number of nitrogens with one attached hydrogen (secondary N) is 3. The summed E-state index contributed by atoms with van der Waals surface area (Å²) in [6.45, 7) is 0.689. The van der Waals surface area contributed by atoms with Crippen LogP contribution in [0.2, 0.25) is 5.02 Å². The second-order valence-corrected chi connectivity index (χ2v) is 7.23. The lowest BCUT2D eigenvalue weighted by molar-refractivity contribution is 0.601. The summed E-state index contributed by atoms with van der Waals surface area (Å²) in [7, 11) is -1.82. The van der Waals surface area contributed by atoms with Gasteiger partial charge in [-0.15, -0.1) is 0 Å². The standard InChI is InChI=1S/C16H16ClN3O2S/c1-18-9-11-5-7-12(8-6-11)23(21,22)20-15-4-2-3-13-14(17)10-19-16(13)15/h2-8,10,18-20H,9H2,1H3. The van der Waals surface area contributed by atoms with Crippen molar-refractivity contribution in [3.05, 3.63) is 59.2 Å². The summed E-state index contributed by atoms with van der Waals surface area (Å²) in [6, 6.07) is 12.1. The van der Waals surface area contributed by atoms with Crippen molar-refractivity contribution in [1.82, 2.24) is 10.3 Å². The van der Waals surface area contributed by atoms with E-state index in [0.717, 1.165) is 10.9 Å². The highest BCUT2D eigenvalue weighted by molar-refractivity contribution is 7.92. The molecule has 3 rings (SSSR count). The fourth-order valence-corrected chi connectivity index (χ4v) is 3.68. The summed E-state index contributed by atoms with van der Waals surface area (Å²) in [5.74, 6) is 0. The molecule has 3 aromatic rings. The van der Waals surface area contributed by atoms with Crippen molar-refractivity contribution in [2.45, 2.75) is 11.4 Å². The molecule has 0 unspecified atom stereocenters. The number of H-pyrrole nitrogens is 1. The molecule has 0 aliphatic rings. The number of fused-ring (bicyclic) bond motifs is 1. The topological polar surface area (TPSA) is 74.0 Å². The van der Waals surface area contributed by atoms with Gasteiger partial charge in [-0.25, -0.2) is 8.42 Å². The van der Waals surface area contributed by atoms with E-state index in [0.29, 0.717) is 22.8 Å². The van der Waals surface area contributed by atoms with Gasteiger partial charge in [-0.05, 0) is 30.8 Å². The maximum absolute atomic E-state index is 12.5. The van der Waals surface area contributed by atoms with E-state index in [2.05, 4.69) is 15.0 Å². The van der Waals surface area contributed by atoms with Crippen molar-refractivity contribution in [2.24, 2.45) is 0 Å². The van der Waals surface area contributed by atoms with E-state index in [-0.39, 0.29) is 4.90 Å². The van der Waals surface area contributed by atoms with Crippen molar-refractivity contribution in [2.75, 3.05) is 11.8 Å². The molecule has 0 saturated heterocycles. The zero-order valence-corrected chi connectivity index (χ0v) is 14.0. The molecule has 0 spiro atoms. The Hall–Kier alpha value is -2.02. The number of aromatic amines is 1. The monoisotopic (exact) mass is 349 g/mol. The molecule has 0 bridgehead atoms. The minimum Gasteiger partial charge on any atom is -0.358 e. The Bertz CT molecular complexity index is 934. The van der Waals surface area contributed by atoms with Gasteiger partial charge in [-0.1, -0.05) is 35.9 Å². The maximum Gasteiger partial charge on any atom is 0.261 e. The van der Waals surface area contributed by atoms with Gasteiger partial charge in [0.2, 0.25) is 0 Å². The lowest BCUT2D eigenvalue weighted by Crippen LogP contribution is -2.13. The Balaban J connectivity index is 1.93. The number of para-hydroxylation sites is 1. The van der Waals surface area contributed by atoms with Crippen LogP contribution in [0.5, 0.6) is 0 Å². The van der Waals surface area contributed by atoms with Crippen LogP contribution in [0.4, 0.5) is 5.69 Å². The summed E-state index contributed by atoms with van der Waals surface area (Å²) in [6.07, 6.45) is 1.64. The smallest absolute Gasteiger partial charge is 0.261 e. The molecule has 3 N–H and O–H groups in total. The number of hydrogen-bond acceptors (Lipinski definition) is 3.